The Hall–Kier alpha value is -1.26. The second-order valence-electron chi connectivity index (χ2n) is 3.34. The minimum atomic E-state index is 0. The van der Waals surface area contributed by atoms with Crippen LogP contribution in [0.5, 0.6) is 11.5 Å². The number of hydrogen-bond donors (Lipinski definition) is 1. The third kappa shape index (κ3) is 2.65. The highest BCUT2D eigenvalue weighted by molar-refractivity contribution is 5.96. The van der Waals surface area contributed by atoms with Crippen LogP contribution in [0.4, 0.5) is 0 Å². The number of halogens is 1. The largest absolute Gasteiger partial charge is 0.454 e. The predicted octanol–water partition coefficient (Wildman–Crippen LogP) is 1.63. The Morgan fingerprint density at radius 2 is 2.12 bits per heavy atom. The minimum absolute atomic E-state index is 0. The van der Waals surface area contributed by atoms with Crippen LogP contribution in [0.3, 0.4) is 0 Å². The molecule has 1 aromatic rings. The summed E-state index contributed by atoms with van der Waals surface area (Å²) in [5.74, 6) is 1.48. The number of rotatable bonds is 4. The maximum absolute atomic E-state index is 11.7. The Bertz CT molecular complexity index is 381. The van der Waals surface area contributed by atoms with Gasteiger partial charge in [0.1, 0.15) is 0 Å². The molecular formula is C11H14ClNO3. The van der Waals surface area contributed by atoms with E-state index >= 15 is 0 Å². The van der Waals surface area contributed by atoms with Gasteiger partial charge in [-0.05, 0) is 25.2 Å². The topological polar surface area (TPSA) is 47.6 Å². The number of Topliss-reactive ketones (excluding diaryl/α,β-unsaturated/α-hetero) is 1. The fraction of sp³-hybridized carbons (Fsp3) is 0.364. The van der Waals surface area contributed by atoms with Gasteiger partial charge in [0.15, 0.2) is 17.3 Å². The third-order valence-corrected chi connectivity index (χ3v) is 2.30. The van der Waals surface area contributed by atoms with Gasteiger partial charge < -0.3 is 14.8 Å². The van der Waals surface area contributed by atoms with E-state index in [1.165, 1.54) is 0 Å². The summed E-state index contributed by atoms with van der Waals surface area (Å²) >= 11 is 0. The summed E-state index contributed by atoms with van der Waals surface area (Å²) in [6.07, 6.45) is 0.496. The zero-order chi connectivity index (χ0) is 10.7. The van der Waals surface area contributed by atoms with Crippen LogP contribution in [-0.2, 0) is 0 Å². The van der Waals surface area contributed by atoms with E-state index in [9.17, 15) is 4.79 Å². The van der Waals surface area contributed by atoms with Gasteiger partial charge in [-0.25, -0.2) is 0 Å². The Morgan fingerprint density at radius 3 is 2.88 bits per heavy atom. The van der Waals surface area contributed by atoms with Gasteiger partial charge in [-0.2, -0.15) is 0 Å². The maximum Gasteiger partial charge on any atom is 0.231 e. The van der Waals surface area contributed by atoms with E-state index in [1.807, 2.05) is 7.05 Å². The molecule has 2 rings (SSSR count). The number of benzene rings is 1. The lowest BCUT2D eigenvalue weighted by molar-refractivity contribution is 0.0983. The molecule has 1 aliphatic heterocycles. The van der Waals surface area contributed by atoms with Crippen molar-refractivity contribution in [2.24, 2.45) is 0 Å². The Labute approximate surface area is 100 Å². The lowest BCUT2D eigenvalue weighted by Crippen LogP contribution is -2.12. The molecule has 0 bridgehead atoms. The number of nitrogens with one attached hydrogen (secondary N) is 1. The first-order chi connectivity index (χ1) is 7.31. The summed E-state index contributed by atoms with van der Waals surface area (Å²) in [5.41, 5.74) is 0.675. The summed E-state index contributed by atoms with van der Waals surface area (Å²) < 4.78 is 10.4. The Morgan fingerprint density at radius 1 is 1.38 bits per heavy atom. The van der Waals surface area contributed by atoms with Gasteiger partial charge >= 0.3 is 0 Å². The molecule has 1 heterocycles. The summed E-state index contributed by atoms with van der Waals surface area (Å²) in [7, 11) is 1.83. The van der Waals surface area contributed by atoms with E-state index in [1.54, 1.807) is 18.2 Å². The first-order valence-electron chi connectivity index (χ1n) is 4.88. The van der Waals surface area contributed by atoms with Crippen LogP contribution in [0.15, 0.2) is 18.2 Å². The van der Waals surface area contributed by atoms with Gasteiger partial charge in [0.05, 0.1) is 0 Å². The van der Waals surface area contributed by atoms with Crippen molar-refractivity contribution in [3.8, 4) is 11.5 Å². The van der Waals surface area contributed by atoms with Crippen molar-refractivity contribution >= 4 is 18.2 Å². The first-order valence-corrected chi connectivity index (χ1v) is 4.88. The number of fused-ring (bicyclic) bond motifs is 1. The van der Waals surface area contributed by atoms with Crippen molar-refractivity contribution in [1.29, 1.82) is 0 Å². The fourth-order valence-electron chi connectivity index (χ4n) is 1.45. The van der Waals surface area contributed by atoms with Crippen LogP contribution in [0, 0.1) is 0 Å². The molecule has 4 nitrogen and oxygen atoms in total. The van der Waals surface area contributed by atoms with Crippen LogP contribution in [0.25, 0.3) is 0 Å². The van der Waals surface area contributed by atoms with Crippen LogP contribution >= 0.6 is 12.4 Å². The number of ketones is 1. The van der Waals surface area contributed by atoms with Crippen molar-refractivity contribution in [2.75, 3.05) is 20.4 Å². The monoisotopic (exact) mass is 243 g/mol. The Kier molecular flexibility index (Phi) is 4.58. The molecular weight excluding hydrogens is 230 g/mol. The second kappa shape index (κ2) is 5.72. The highest BCUT2D eigenvalue weighted by atomic mass is 35.5. The molecule has 1 aromatic carbocycles. The lowest BCUT2D eigenvalue weighted by atomic mass is 10.1. The second-order valence-corrected chi connectivity index (χ2v) is 3.34. The molecule has 0 atom stereocenters. The van der Waals surface area contributed by atoms with Crippen LogP contribution < -0.4 is 14.8 Å². The van der Waals surface area contributed by atoms with Crippen molar-refractivity contribution in [1.82, 2.24) is 5.32 Å². The molecule has 0 fully saturated rings. The van der Waals surface area contributed by atoms with E-state index < -0.39 is 0 Å². The van der Waals surface area contributed by atoms with E-state index in [4.69, 9.17) is 9.47 Å². The molecule has 16 heavy (non-hydrogen) atoms. The number of hydrogen-bond acceptors (Lipinski definition) is 4. The van der Waals surface area contributed by atoms with Crippen LogP contribution in [0.1, 0.15) is 16.8 Å². The fourth-order valence-corrected chi connectivity index (χ4v) is 1.45. The molecule has 0 aliphatic carbocycles. The molecule has 88 valence electrons. The normalized spacial score (nSPS) is 12.1. The number of carbonyl (C=O) groups excluding carboxylic acids is 1. The lowest BCUT2D eigenvalue weighted by Gasteiger charge is -2.02. The van der Waals surface area contributed by atoms with Crippen molar-refractivity contribution in [3.05, 3.63) is 23.8 Å². The molecule has 0 amide bonds. The average molecular weight is 244 g/mol. The van der Waals surface area contributed by atoms with E-state index in [0.29, 0.717) is 30.0 Å². The molecule has 0 aromatic heterocycles. The summed E-state index contributed by atoms with van der Waals surface area (Å²) in [6, 6.07) is 5.28. The Balaban J connectivity index is 0.00000128. The average Bonchev–Trinajstić information content (AvgIpc) is 2.72. The highest BCUT2D eigenvalue weighted by Crippen LogP contribution is 2.32. The van der Waals surface area contributed by atoms with Crippen molar-refractivity contribution in [3.63, 3.8) is 0 Å². The molecule has 0 saturated heterocycles. The molecule has 1 aliphatic rings. The molecule has 5 heteroatoms. The van der Waals surface area contributed by atoms with Crippen LogP contribution in [0.2, 0.25) is 0 Å². The predicted molar refractivity (Wildman–Crippen MR) is 62.7 cm³/mol. The minimum Gasteiger partial charge on any atom is -0.454 e. The van der Waals surface area contributed by atoms with Gasteiger partial charge in [-0.15, -0.1) is 12.4 Å². The van der Waals surface area contributed by atoms with E-state index in [2.05, 4.69) is 5.32 Å². The smallest absolute Gasteiger partial charge is 0.231 e. The van der Waals surface area contributed by atoms with Gasteiger partial charge in [0.2, 0.25) is 6.79 Å². The molecule has 0 unspecified atom stereocenters. The van der Waals surface area contributed by atoms with Gasteiger partial charge in [-0.1, -0.05) is 0 Å². The summed E-state index contributed by atoms with van der Waals surface area (Å²) in [6.45, 7) is 0.927. The zero-order valence-corrected chi connectivity index (χ0v) is 9.80. The first kappa shape index (κ1) is 12.8. The SMILES string of the molecule is CNCCC(=O)c1ccc2c(c1)OCO2.Cl. The molecule has 0 radical (unpaired) electrons. The van der Waals surface area contributed by atoms with Crippen LogP contribution in [-0.4, -0.2) is 26.2 Å². The van der Waals surface area contributed by atoms with Gasteiger partial charge in [-0.3, -0.25) is 4.79 Å². The van der Waals surface area contributed by atoms with Gasteiger partial charge in [0, 0.05) is 18.5 Å². The standard InChI is InChI=1S/C11H13NO3.ClH/c1-12-5-4-9(13)8-2-3-10-11(6-8)15-7-14-10;/h2-3,6,12H,4-5,7H2,1H3;1H. The highest BCUT2D eigenvalue weighted by Gasteiger charge is 2.15. The van der Waals surface area contributed by atoms with Crippen molar-refractivity contribution in [2.45, 2.75) is 6.42 Å². The maximum atomic E-state index is 11.7. The quantitative estimate of drug-likeness (QED) is 0.817. The molecule has 0 saturated carbocycles. The van der Waals surface area contributed by atoms with E-state index in [0.717, 1.165) is 0 Å². The zero-order valence-electron chi connectivity index (χ0n) is 8.99. The van der Waals surface area contributed by atoms with E-state index in [-0.39, 0.29) is 25.0 Å². The molecule has 0 spiro atoms. The van der Waals surface area contributed by atoms with Gasteiger partial charge in [0.25, 0.3) is 0 Å². The third-order valence-electron chi connectivity index (χ3n) is 2.30. The van der Waals surface area contributed by atoms with Crippen molar-refractivity contribution < 1.29 is 14.3 Å². The number of ether oxygens (including phenoxy) is 2. The molecule has 1 N–H and O–H groups in total. The summed E-state index contributed by atoms with van der Waals surface area (Å²) in [5, 5.41) is 2.94. The summed E-state index contributed by atoms with van der Waals surface area (Å²) in [4.78, 5) is 11.7. The number of carbonyl (C=O) groups is 1.